The summed E-state index contributed by atoms with van der Waals surface area (Å²) >= 11 is 0. The minimum absolute atomic E-state index is 0.163. The van der Waals surface area contributed by atoms with Gasteiger partial charge in [0.2, 0.25) is 0 Å². The third-order valence-electron chi connectivity index (χ3n) is 5.48. The quantitative estimate of drug-likeness (QED) is 0.649. The molecule has 156 valence electrons. The summed E-state index contributed by atoms with van der Waals surface area (Å²) in [6, 6.07) is 11.7. The van der Waals surface area contributed by atoms with Crippen LogP contribution in [-0.4, -0.2) is 39.0 Å². The predicted octanol–water partition coefficient (Wildman–Crippen LogP) is 3.34. The summed E-state index contributed by atoms with van der Waals surface area (Å²) in [6.07, 6.45) is 6.57. The Bertz CT molecular complexity index is 955. The molecule has 4 rings (SSSR count). The predicted molar refractivity (Wildman–Crippen MR) is 113 cm³/mol. The van der Waals surface area contributed by atoms with Gasteiger partial charge < -0.3 is 9.84 Å². The van der Waals surface area contributed by atoms with Crippen molar-refractivity contribution >= 4 is 5.91 Å². The molecule has 7 heteroatoms. The summed E-state index contributed by atoms with van der Waals surface area (Å²) < 4.78 is 5.20. The van der Waals surface area contributed by atoms with E-state index in [1.807, 2.05) is 43.5 Å². The number of nitrogens with one attached hydrogen (secondary N) is 1. The zero-order valence-corrected chi connectivity index (χ0v) is 17.3. The maximum Gasteiger partial charge on any atom is 0.253 e. The second kappa shape index (κ2) is 9.63. The van der Waals surface area contributed by atoms with E-state index in [0.717, 1.165) is 56.0 Å². The number of rotatable bonds is 7. The van der Waals surface area contributed by atoms with Crippen LogP contribution in [0.3, 0.4) is 0 Å². The van der Waals surface area contributed by atoms with Gasteiger partial charge in [0, 0.05) is 43.2 Å². The van der Waals surface area contributed by atoms with E-state index in [0.29, 0.717) is 23.8 Å². The number of carbonyl (C=O) groups is 1. The molecular formula is C23H27N5O2. The van der Waals surface area contributed by atoms with Gasteiger partial charge in [-0.25, -0.2) is 0 Å². The number of nitrogens with zero attached hydrogens (tertiary/aromatic N) is 4. The van der Waals surface area contributed by atoms with Gasteiger partial charge >= 0.3 is 0 Å². The van der Waals surface area contributed by atoms with E-state index in [-0.39, 0.29) is 5.91 Å². The SMILES string of the molecule is CCc1cc(CNC(=O)c2ccc([C@H]3CCCN(Cc4ccccn4)C3)nc2)on1. The molecule has 0 unspecified atom stereocenters. The molecule has 30 heavy (non-hydrogen) atoms. The Morgan fingerprint density at radius 3 is 2.90 bits per heavy atom. The first-order valence-corrected chi connectivity index (χ1v) is 10.5. The van der Waals surface area contributed by atoms with E-state index in [9.17, 15) is 4.79 Å². The molecule has 0 saturated carbocycles. The van der Waals surface area contributed by atoms with E-state index >= 15 is 0 Å². The lowest BCUT2D eigenvalue weighted by atomic mass is 9.94. The maximum atomic E-state index is 12.4. The molecule has 0 aromatic carbocycles. The van der Waals surface area contributed by atoms with Crippen molar-refractivity contribution in [3.8, 4) is 0 Å². The summed E-state index contributed by atoms with van der Waals surface area (Å²) in [6.45, 7) is 5.23. The van der Waals surface area contributed by atoms with Gasteiger partial charge in [0.1, 0.15) is 0 Å². The average molecular weight is 406 g/mol. The molecule has 0 aliphatic carbocycles. The molecule has 3 aromatic rings. The van der Waals surface area contributed by atoms with Crippen LogP contribution in [0.5, 0.6) is 0 Å². The molecule has 1 saturated heterocycles. The summed E-state index contributed by atoms with van der Waals surface area (Å²) in [5.41, 5.74) is 3.57. The number of piperidine rings is 1. The Morgan fingerprint density at radius 2 is 2.17 bits per heavy atom. The smallest absolute Gasteiger partial charge is 0.253 e. The molecule has 3 aromatic heterocycles. The zero-order valence-electron chi connectivity index (χ0n) is 17.3. The standard InChI is InChI=1S/C23H27N5O2/c1-2-19-12-21(30-27-19)14-26-23(29)17-8-9-22(25-13-17)18-6-5-11-28(15-18)16-20-7-3-4-10-24-20/h3-4,7-10,12-13,18H,2,5-6,11,14-16H2,1H3,(H,26,29)/t18-/m0/s1. The number of aryl methyl sites for hydroxylation is 1. The van der Waals surface area contributed by atoms with E-state index in [4.69, 9.17) is 4.52 Å². The number of aromatic nitrogens is 3. The van der Waals surface area contributed by atoms with Gasteiger partial charge in [-0.1, -0.05) is 18.1 Å². The number of amides is 1. The number of likely N-dealkylation sites (tertiary alicyclic amines) is 1. The minimum atomic E-state index is -0.163. The zero-order chi connectivity index (χ0) is 20.8. The van der Waals surface area contributed by atoms with Gasteiger partial charge in [-0.05, 0) is 50.1 Å². The summed E-state index contributed by atoms with van der Waals surface area (Å²) in [5, 5.41) is 6.79. The van der Waals surface area contributed by atoms with Gasteiger partial charge in [-0.3, -0.25) is 19.7 Å². The monoisotopic (exact) mass is 405 g/mol. The van der Waals surface area contributed by atoms with Crippen LogP contribution < -0.4 is 5.32 Å². The first-order chi connectivity index (χ1) is 14.7. The van der Waals surface area contributed by atoms with Gasteiger partial charge in [0.15, 0.2) is 5.76 Å². The van der Waals surface area contributed by atoms with Crippen molar-refractivity contribution in [3.63, 3.8) is 0 Å². The third kappa shape index (κ3) is 5.10. The molecule has 0 radical (unpaired) electrons. The Labute approximate surface area is 176 Å². The van der Waals surface area contributed by atoms with Crippen molar-refractivity contribution in [2.45, 2.75) is 45.2 Å². The fourth-order valence-corrected chi connectivity index (χ4v) is 3.82. The van der Waals surface area contributed by atoms with Gasteiger partial charge in [-0.15, -0.1) is 0 Å². The Hall–Kier alpha value is -3.06. The topological polar surface area (TPSA) is 84.2 Å². The summed E-state index contributed by atoms with van der Waals surface area (Å²) in [5.74, 6) is 0.866. The summed E-state index contributed by atoms with van der Waals surface area (Å²) in [4.78, 5) is 23.9. The van der Waals surface area contributed by atoms with E-state index in [2.05, 4.69) is 31.4 Å². The third-order valence-corrected chi connectivity index (χ3v) is 5.48. The van der Waals surface area contributed by atoms with Gasteiger partial charge in [0.05, 0.1) is 23.5 Å². The first kappa shape index (κ1) is 20.2. The van der Waals surface area contributed by atoms with Crippen LogP contribution >= 0.6 is 0 Å². The molecule has 1 atom stereocenters. The fourth-order valence-electron chi connectivity index (χ4n) is 3.82. The van der Waals surface area contributed by atoms with Crippen molar-refractivity contribution in [1.82, 2.24) is 25.3 Å². The molecule has 1 aliphatic heterocycles. The lowest BCUT2D eigenvalue weighted by Gasteiger charge is -2.32. The van der Waals surface area contributed by atoms with Gasteiger partial charge in [0.25, 0.3) is 5.91 Å². The highest BCUT2D eigenvalue weighted by atomic mass is 16.5. The molecule has 1 N–H and O–H groups in total. The highest BCUT2D eigenvalue weighted by molar-refractivity contribution is 5.93. The van der Waals surface area contributed by atoms with Crippen LogP contribution in [0.4, 0.5) is 0 Å². The van der Waals surface area contributed by atoms with Gasteiger partial charge in [-0.2, -0.15) is 0 Å². The van der Waals surface area contributed by atoms with Crippen molar-refractivity contribution in [2.24, 2.45) is 0 Å². The van der Waals surface area contributed by atoms with Crippen molar-refractivity contribution in [3.05, 3.63) is 77.2 Å². The maximum absolute atomic E-state index is 12.4. The highest BCUT2D eigenvalue weighted by Gasteiger charge is 2.23. The van der Waals surface area contributed by atoms with Crippen LogP contribution in [0.2, 0.25) is 0 Å². The van der Waals surface area contributed by atoms with Crippen molar-refractivity contribution in [2.75, 3.05) is 13.1 Å². The minimum Gasteiger partial charge on any atom is -0.359 e. The molecule has 0 spiro atoms. The number of carbonyl (C=O) groups excluding carboxylic acids is 1. The Balaban J connectivity index is 1.32. The molecular weight excluding hydrogens is 378 g/mol. The lowest BCUT2D eigenvalue weighted by Crippen LogP contribution is -2.34. The Morgan fingerprint density at radius 1 is 1.23 bits per heavy atom. The molecule has 7 nitrogen and oxygen atoms in total. The van der Waals surface area contributed by atoms with Crippen LogP contribution in [0.1, 0.15) is 58.9 Å². The fraction of sp³-hybridized carbons (Fsp3) is 0.391. The summed E-state index contributed by atoms with van der Waals surface area (Å²) in [7, 11) is 0. The van der Waals surface area contributed by atoms with E-state index in [1.54, 1.807) is 6.20 Å². The molecule has 1 aliphatic rings. The number of hydrogen-bond donors (Lipinski definition) is 1. The van der Waals surface area contributed by atoms with Crippen LogP contribution in [0, 0.1) is 0 Å². The second-order valence-corrected chi connectivity index (χ2v) is 7.69. The average Bonchev–Trinajstić information content (AvgIpc) is 3.27. The Kier molecular flexibility index (Phi) is 6.49. The van der Waals surface area contributed by atoms with Crippen LogP contribution in [-0.2, 0) is 19.5 Å². The van der Waals surface area contributed by atoms with E-state index in [1.165, 1.54) is 0 Å². The molecule has 0 bridgehead atoms. The van der Waals surface area contributed by atoms with Crippen molar-refractivity contribution < 1.29 is 9.32 Å². The second-order valence-electron chi connectivity index (χ2n) is 7.69. The molecule has 1 fully saturated rings. The number of hydrogen-bond acceptors (Lipinski definition) is 6. The molecule has 1 amide bonds. The first-order valence-electron chi connectivity index (χ1n) is 10.5. The highest BCUT2D eigenvalue weighted by Crippen LogP contribution is 2.26. The van der Waals surface area contributed by atoms with Crippen LogP contribution in [0.25, 0.3) is 0 Å². The largest absolute Gasteiger partial charge is 0.359 e. The van der Waals surface area contributed by atoms with Crippen molar-refractivity contribution in [1.29, 1.82) is 0 Å². The normalized spacial score (nSPS) is 17.0. The van der Waals surface area contributed by atoms with E-state index < -0.39 is 0 Å². The lowest BCUT2D eigenvalue weighted by molar-refractivity contribution is 0.0946. The molecule has 4 heterocycles. The number of pyridine rings is 2. The van der Waals surface area contributed by atoms with Crippen LogP contribution in [0.15, 0.2) is 53.3 Å².